The third-order valence-electron chi connectivity index (χ3n) is 11.5. The van der Waals surface area contributed by atoms with Gasteiger partial charge in [0.2, 0.25) is 0 Å². The minimum absolute atomic E-state index is 0.960. The van der Waals surface area contributed by atoms with E-state index in [4.69, 9.17) is 0 Å². The van der Waals surface area contributed by atoms with E-state index in [0.29, 0.717) is 0 Å². The van der Waals surface area contributed by atoms with E-state index >= 15 is 0 Å². The summed E-state index contributed by atoms with van der Waals surface area (Å²) >= 11 is 0. The molecule has 6 aliphatic rings. The first-order chi connectivity index (χ1) is 15.8. The van der Waals surface area contributed by atoms with Crippen LogP contribution in [0.15, 0.2) is 23.3 Å². The van der Waals surface area contributed by atoms with E-state index in [1.54, 1.807) is 38.5 Å². The second kappa shape index (κ2) is 10.00. The summed E-state index contributed by atoms with van der Waals surface area (Å²) in [6.45, 7) is 0. The molecule has 0 aromatic heterocycles. The Kier molecular flexibility index (Phi) is 6.86. The van der Waals surface area contributed by atoms with Gasteiger partial charge in [-0.1, -0.05) is 100 Å². The van der Waals surface area contributed by atoms with Gasteiger partial charge >= 0.3 is 0 Å². The molecular formula is C32H50. The van der Waals surface area contributed by atoms with Crippen LogP contribution < -0.4 is 0 Å². The van der Waals surface area contributed by atoms with Crippen molar-refractivity contribution in [3.05, 3.63) is 23.3 Å². The van der Waals surface area contributed by atoms with Crippen molar-refractivity contribution in [2.75, 3.05) is 0 Å². The van der Waals surface area contributed by atoms with Crippen molar-refractivity contribution in [3.63, 3.8) is 0 Å². The van der Waals surface area contributed by atoms with E-state index in [1.807, 2.05) is 11.1 Å². The summed E-state index contributed by atoms with van der Waals surface area (Å²) in [5.41, 5.74) is 3.75. The van der Waals surface area contributed by atoms with E-state index < -0.39 is 0 Å². The Labute approximate surface area is 199 Å². The maximum Gasteiger partial charge on any atom is -0.0197 e. The van der Waals surface area contributed by atoms with E-state index in [0.717, 1.165) is 47.3 Å². The Balaban J connectivity index is 1.04. The van der Waals surface area contributed by atoms with Crippen LogP contribution in [-0.4, -0.2) is 0 Å². The van der Waals surface area contributed by atoms with Gasteiger partial charge in [-0.25, -0.2) is 0 Å². The van der Waals surface area contributed by atoms with Crippen molar-refractivity contribution in [2.45, 2.75) is 128 Å². The normalized spacial score (nSPS) is 41.1. The SMILES string of the molecule is C1=C(CCC2=CC3CCCC(C4CCCCC4)C3C2)CC2C1CCCC2C1CCCCC1. The molecule has 4 saturated carbocycles. The van der Waals surface area contributed by atoms with Crippen LogP contribution in [0.3, 0.4) is 0 Å². The van der Waals surface area contributed by atoms with Gasteiger partial charge in [-0.3, -0.25) is 0 Å². The monoisotopic (exact) mass is 434 g/mol. The highest BCUT2D eigenvalue weighted by Crippen LogP contribution is 2.53. The van der Waals surface area contributed by atoms with Crippen molar-refractivity contribution < 1.29 is 0 Å². The summed E-state index contributed by atoms with van der Waals surface area (Å²) in [6, 6.07) is 0. The quantitative estimate of drug-likeness (QED) is 0.378. The van der Waals surface area contributed by atoms with Crippen LogP contribution >= 0.6 is 0 Å². The average Bonchev–Trinajstić information content (AvgIpc) is 3.47. The first kappa shape index (κ1) is 22.0. The van der Waals surface area contributed by atoms with Crippen molar-refractivity contribution in [1.82, 2.24) is 0 Å². The lowest BCUT2D eigenvalue weighted by Crippen LogP contribution is -2.31. The zero-order chi connectivity index (χ0) is 21.3. The molecule has 0 spiro atoms. The average molecular weight is 435 g/mol. The lowest BCUT2D eigenvalue weighted by molar-refractivity contribution is 0.107. The zero-order valence-electron chi connectivity index (χ0n) is 20.9. The summed E-state index contributed by atoms with van der Waals surface area (Å²) < 4.78 is 0. The highest BCUT2D eigenvalue weighted by Gasteiger charge is 2.42. The standard InChI is InChI=1S/C32H50/c1-3-9-25(10-4-1)29-15-7-13-27-19-23(21-31(27)29)17-18-24-20-28-14-8-16-30(32(28)22-24)26-11-5-2-6-12-26/h19-20,25-32H,1-18,21-22H2. The molecule has 0 heteroatoms. The van der Waals surface area contributed by atoms with Gasteiger partial charge in [0.05, 0.1) is 0 Å². The number of allylic oxidation sites excluding steroid dienone is 4. The zero-order valence-corrected chi connectivity index (χ0v) is 20.9. The molecule has 0 saturated heterocycles. The molecule has 178 valence electrons. The van der Waals surface area contributed by atoms with Gasteiger partial charge in [0.15, 0.2) is 0 Å². The molecule has 6 atom stereocenters. The largest absolute Gasteiger partial charge is 0.0819 e. The van der Waals surface area contributed by atoms with E-state index in [1.165, 1.54) is 89.9 Å². The van der Waals surface area contributed by atoms with Crippen LogP contribution in [-0.2, 0) is 0 Å². The lowest BCUT2D eigenvalue weighted by Gasteiger charge is -2.40. The van der Waals surface area contributed by atoms with E-state index in [9.17, 15) is 0 Å². The molecule has 0 nitrogen and oxygen atoms in total. The van der Waals surface area contributed by atoms with Crippen LogP contribution in [0.5, 0.6) is 0 Å². The molecule has 0 radical (unpaired) electrons. The Hall–Kier alpha value is -0.520. The Bertz CT molecular complexity index is 625. The fourth-order valence-corrected chi connectivity index (χ4v) is 10.0. The van der Waals surface area contributed by atoms with Crippen molar-refractivity contribution >= 4 is 0 Å². The van der Waals surface area contributed by atoms with Crippen molar-refractivity contribution in [1.29, 1.82) is 0 Å². The van der Waals surface area contributed by atoms with Gasteiger partial charge in [-0.2, -0.15) is 0 Å². The minimum atomic E-state index is 0.960. The third kappa shape index (κ3) is 4.55. The molecule has 0 aromatic rings. The van der Waals surface area contributed by atoms with Gasteiger partial charge in [0.1, 0.15) is 0 Å². The van der Waals surface area contributed by atoms with Gasteiger partial charge < -0.3 is 0 Å². The first-order valence-electron chi connectivity index (χ1n) is 15.2. The van der Waals surface area contributed by atoms with Crippen molar-refractivity contribution in [2.24, 2.45) is 47.3 Å². The fourth-order valence-electron chi connectivity index (χ4n) is 10.0. The molecular weight excluding hydrogens is 384 g/mol. The number of hydrogen-bond donors (Lipinski definition) is 0. The van der Waals surface area contributed by atoms with Gasteiger partial charge in [0, 0.05) is 0 Å². The minimum Gasteiger partial charge on any atom is -0.0819 e. The van der Waals surface area contributed by atoms with Crippen molar-refractivity contribution in [3.8, 4) is 0 Å². The Morgan fingerprint density at radius 2 is 0.875 bits per heavy atom. The Morgan fingerprint density at radius 3 is 1.31 bits per heavy atom. The molecule has 32 heavy (non-hydrogen) atoms. The maximum absolute atomic E-state index is 2.81. The highest BCUT2D eigenvalue weighted by atomic mass is 14.5. The summed E-state index contributed by atoms with van der Waals surface area (Å²) in [4.78, 5) is 0. The van der Waals surface area contributed by atoms with Gasteiger partial charge in [-0.05, 0) is 98.7 Å². The summed E-state index contributed by atoms with van der Waals surface area (Å²) in [6.07, 6.45) is 35.9. The molecule has 4 fully saturated rings. The molecule has 0 bridgehead atoms. The number of fused-ring (bicyclic) bond motifs is 2. The van der Waals surface area contributed by atoms with Gasteiger partial charge in [-0.15, -0.1) is 0 Å². The Morgan fingerprint density at radius 1 is 0.438 bits per heavy atom. The van der Waals surface area contributed by atoms with E-state index in [-0.39, 0.29) is 0 Å². The summed E-state index contributed by atoms with van der Waals surface area (Å²) in [7, 11) is 0. The predicted octanol–water partition coefficient (Wildman–Crippen LogP) is 9.65. The van der Waals surface area contributed by atoms with Gasteiger partial charge in [0.25, 0.3) is 0 Å². The van der Waals surface area contributed by atoms with Crippen LogP contribution in [0, 0.1) is 47.3 Å². The van der Waals surface area contributed by atoms with E-state index in [2.05, 4.69) is 12.2 Å². The third-order valence-corrected chi connectivity index (χ3v) is 11.5. The second-order valence-corrected chi connectivity index (χ2v) is 13.2. The number of hydrogen-bond acceptors (Lipinski definition) is 0. The van der Waals surface area contributed by atoms with Crippen LogP contribution in [0.25, 0.3) is 0 Å². The molecule has 6 unspecified atom stereocenters. The van der Waals surface area contributed by atoms with Crippen LogP contribution in [0.1, 0.15) is 128 Å². The topological polar surface area (TPSA) is 0 Å². The molecule has 0 aromatic carbocycles. The summed E-state index contributed by atoms with van der Waals surface area (Å²) in [5, 5.41) is 0. The highest BCUT2D eigenvalue weighted by molar-refractivity contribution is 5.21. The van der Waals surface area contributed by atoms with Crippen LogP contribution in [0.2, 0.25) is 0 Å². The molecule has 0 N–H and O–H groups in total. The fraction of sp³-hybridized carbons (Fsp3) is 0.875. The molecule has 6 rings (SSSR count). The maximum atomic E-state index is 2.81. The predicted molar refractivity (Wildman–Crippen MR) is 136 cm³/mol. The molecule has 0 heterocycles. The molecule has 0 aliphatic heterocycles. The molecule has 0 amide bonds. The smallest absolute Gasteiger partial charge is 0.0197 e. The number of rotatable bonds is 5. The second-order valence-electron chi connectivity index (χ2n) is 13.2. The summed E-state index contributed by atoms with van der Waals surface area (Å²) in [5.74, 6) is 8.32. The first-order valence-corrected chi connectivity index (χ1v) is 15.2. The molecule has 6 aliphatic carbocycles. The lowest BCUT2D eigenvalue weighted by atomic mass is 9.65. The van der Waals surface area contributed by atoms with Crippen LogP contribution in [0.4, 0.5) is 0 Å².